The van der Waals surface area contributed by atoms with Gasteiger partial charge in [0.25, 0.3) is 0 Å². The Morgan fingerprint density at radius 2 is 2.21 bits per heavy atom. The summed E-state index contributed by atoms with van der Waals surface area (Å²) in [6.45, 7) is 8.57. The molecule has 6 heteroatoms. The predicted molar refractivity (Wildman–Crippen MR) is 68.3 cm³/mol. The van der Waals surface area contributed by atoms with Gasteiger partial charge in [-0.15, -0.1) is 0 Å². The van der Waals surface area contributed by atoms with Crippen molar-refractivity contribution in [2.75, 3.05) is 6.54 Å². The summed E-state index contributed by atoms with van der Waals surface area (Å²) in [6, 6.07) is 3.60. The Morgan fingerprint density at radius 1 is 1.53 bits per heavy atom. The van der Waals surface area contributed by atoms with Crippen LogP contribution in [-0.2, 0) is 11.3 Å². The molecule has 0 saturated heterocycles. The molecule has 0 bridgehead atoms. The zero-order valence-corrected chi connectivity index (χ0v) is 11.7. The Balaban J connectivity index is 2.19. The van der Waals surface area contributed by atoms with E-state index in [1.54, 1.807) is 15.6 Å². The molecular formula is C13H18N4O2. The van der Waals surface area contributed by atoms with Crippen molar-refractivity contribution in [1.29, 1.82) is 5.26 Å². The number of aromatic nitrogens is 2. The molecule has 2 heterocycles. The van der Waals surface area contributed by atoms with Gasteiger partial charge in [0, 0.05) is 6.54 Å². The zero-order chi connectivity index (χ0) is 14.2. The van der Waals surface area contributed by atoms with E-state index in [0.717, 1.165) is 5.69 Å². The van der Waals surface area contributed by atoms with Gasteiger partial charge in [-0.1, -0.05) is 0 Å². The van der Waals surface area contributed by atoms with E-state index < -0.39 is 5.60 Å². The van der Waals surface area contributed by atoms with Crippen LogP contribution in [-0.4, -0.2) is 32.9 Å². The first-order chi connectivity index (χ1) is 8.81. The summed E-state index contributed by atoms with van der Waals surface area (Å²) in [7, 11) is 0. The Kier molecular flexibility index (Phi) is 3.23. The van der Waals surface area contributed by atoms with Crippen LogP contribution in [0.15, 0.2) is 6.07 Å². The number of carbonyl (C=O) groups is 1. The van der Waals surface area contributed by atoms with Crippen molar-refractivity contribution in [3.8, 4) is 6.07 Å². The third kappa shape index (κ3) is 2.70. The minimum Gasteiger partial charge on any atom is -0.444 e. The van der Waals surface area contributed by atoms with Gasteiger partial charge in [-0.3, -0.25) is 9.58 Å². The Bertz CT molecular complexity index is 536. The lowest BCUT2D eigenvalue weighted by molar-refractivity contribution is 0.0120. The summed E-state index contributed by atoms with van der Waals surface area (Å²) in [6.07, 6.45) is -0.328. The SMILES string of the molecule is C[C@H]1c2cc(C#N)nn2CCN1C(=O)OC(C)(C)C. The zero-order valence-electron chi connectivity index (χ0n) is 11.7. The smallest absolute Gasteiger partial charge is 0.410 e. The molecule has 0 unspecified atom stereocenters. The van der Waals surface area contributed by atoms with E-state index in [0.29, 0.717) is 18.8 Å². The van der Waals surface area contributed by atoms with Crippen LogP contribution in [0.1, 0.15) is 45.1 Å². The molecule has 0 aromatic carbocycles. The molecule has 1 amide bonds. The second-order valence-electron chi connectivity index (χ2n) is 5.64. The molecule has 0 radical (unpaired) electrons. The Labute approximate surface area is 112 Å². The second-order valence-corrected chi connectivity index (χ2v) is 5.64. The van der Waals surface area contributed by atoms with Crippen molar-refractivity contribution in [3.63, 3.8) is 0 Å². The number of rotatable bonds is 0. The lowest BCUT2D eigenvalue weighted by atomic mass is 10.1. The van der Waals surface area contributed by atoms with Crippen molar-refractivity contribution in [2.24, 2.45) is 0 Å². The highest BCUT2D eigenvalue weighted by Crippen LogP contribution is 2.27. The molecule has 19 heavy (non-hydrogen) atoms. The molecule has 1 aliphatic heterocycles. The van der Waals surface area contributed by atoms with Crippen LogP contribution in [0.4, 0.5) is 4.79 Å². The van der Waals surface area contributed by atoms with Crippen LogP contribution < -0.4 is 0 Å². The quantitative estimate of drug-likeness (QED) is 0.717. The molecule has 102 valence electrons. The van der Waals surface area contributed by atoms with Crippen molar-refractivity contribution < 1.29 is 9.53 Å². The van der Waals surface area contributed by atoms with E-state index in [4.69, 9.17) is 10.00 Å². The number of hydrogen-bond acceptors (Lipinski definition) is 4. The van der Waals surface area contributed by atoms with Crippen LogP contribution >= 0.6 is 0 Å². The van der Waals surface area contributed by atoms with Gasteiger partial charge in [0.1, 0.15) is 11.7 Å². The molecule has 0 aliphatic carbocycles. The number of amides is 1. The van der Waals surface area contributed by atoms with Crippen molar-refractivity contribution in [1.82, 2.24) is 14.7 Å². The van der Waals surface area contributed by atoms with Crippen LogP contribution in [0.25, 0.3) is 0 Å². The third-order valence-electron chi connectivity index (χ3n) is 3.00. The Hall–Kier alpha value is -2.03. The Morgan fingerprint density at radius 3 is 2.79 bits per heavy atom. The number of nitrogens with zero attached hydrogens (tertiary/aromatic N) is 4. The first-order valence-corrected chi connectivity index (χ1v) is 6.29. The van der Waals surface area contributed by atoms with Crippen LogP contribution in [0.5, 0.6) is 0 Å². The average molecular weight is 262 g/mol. The maximum absolute atomic E-state index is 12.1. The van der Waals surface area contributed by atoms with Crippen LogP contribution in [0.3, 0.4) is 0 Å². The lowest BCUT2D eigenvalue weighted by Crippen LogP contribution is -2.43. The van der Waals surface area contributed by atoms with E-state index in [-0.39, 0.29) is 12.1 Å². The monoisotopic (exact) mass is 262 g/mol. The van der Waals surface area contributed by atoms with Gasteiger partial charge in [-0.05, 0) is 33.8 Å². The highest BCUT2D eigenvalue weighted by Gasteiger charge is 2.32. The number of carbonyl (C=O) groups excluding carboxylic acids is 1. The van der Waals surface area contributed by atoms with Gasteiger partial charge in [-0.25, -0.2) is 4.79 Å². The van der Waals surface area contributed by atoms with Crippen LogP contribution in [0.2, 0.25) is 0 Å². The first-order valence-electron chi connectivity index (χ1n) is 6.29. The topological polar surface area (TPSA) is 71.2 Å². The van der Waals surface area contributed by atoms with Crippen molar-refractivity contribution in [2.45, 2.75) is 45.9 Å². The molecule has 1 aromatic rings. The molecule has 1 aliphatic rings. The van der Waals surface area contributed by atoms with Crippen LogP contribution in [0, 0.1) is 11.3 Å². The van der Waals surface area contributed by atoms with Crippen molar-refractivity contribution in [3.05, 3.63) is 17.5 Å². The summed E-state index contributed by atoms with van der Waals surface area (Å²) in [5, 5.41) is 13.0. The average Bonchev–Trinajstić information content (AvgIpc) is 2.71. The number of ether oxygens (including phenoxy) is 1. The standard InChI is InChI=1S/C13H18N4O2/c1-9-11-7-10(8-14)15-17(11)6-5-16(9)12(18)19-13(2,3)4/h7,9H,5-6H2,1-4H3/t9-/m0/s1. The van der Waals surface area contributed by atoms with Gasteiger partial charge < -0.3 is 4.74 Å². The highest BCUT2D eigenvalue weighted by molar-refractivity contribution is 5.69. The molecule has 0 fully saturated rings. The summed E-state index contributed by atoms with van der Waals surface area (Å²) in [5.41, 5.74) is 0.744. The molecular weight excluding hydrogens is 244 g/mol. The van der Waals surface area contributed by atoms with Gasteiger partial charge >= 0.3 is 6.09 Å². The van der Waals surface area contributed by atoms with E-state index in [9.17, 15) is 4.79 Å². The lowest BCUT2D eigenvalue weighted by Gasteiger charge is -2.35. The molecule has 0 spiro atoms. The molecule has 0 N–H and O–H groups in total. The minimum atomic E-state index is -0.508. The summed E-state index contributed by atoms with van der Waals surface area (Å²) in [4.78, 5) is 13.8. The molecule has 1 atom stereocenters. The summed E-state index contributed by atoms with van der Waals surface area (Å²) >= 11 is 0. The fraction of sp³-hybridized carbons (Fsp3) is 0.615. The summed E-state index contributed by atoms with van der Waals surface area (Å²) in [5.74, 6) is 0. The number of hydrogen-bond donors (Lipinski definition) is 0. The third-order valence-corrected chi connectivity index (χ3v) is 3.00. The van der Waals surface area contributed by atoms with Gasteiger partial charge in [0.15, 0.2) is 5.69 Å². The molecule has 6 nitrogen and oxygen atoms in total. The van der Waals surface area contributed by atoms with Gasteiger partial charge in [-0.2, -0.15) is 10.4 Å². The first kappa shape index (κ1) is 13.4. The second kappa shape index (κ2) is 4.57. The number of fused-ring (bicyclic) bond motifs is 1. The largest absolute Gasteiger partial charge is 0.444 e. The number of nitriles is 1. The van der Waals surface area contributed by atoms with E-state index in [1.807, 2.05) is 33.8 Å². The van der Waals surface area contributed by atoms with E-state index in [1.165, 1.54) is 0 Å². The maximum Gasteiger partial charge on any atom is 0.410 e. The minimum absolute atomic E-state index is 0.141. The molecule has 2 rings (SSSR count). The maximum atomic E-state index is 12.1. The fourth-order valence-electron chi connectivity index (χ4n) is 2.13. The van der Waals surface area contributed by atoms with E-state index >= 15 is 0 Å². The van der Waals surface area contributed by atoms with Gasteiger partial charge in [0.05, 0.1) is 18.3 Å². The van der Waals surface area contributed by atoms with Gasteiger partial charge in [0.2, 0.25) is 0 Å². The molecule has 0 saturated carbocycles. The summed E-state index contributed by atoms with van der Waals surface area (Å²) < 4.78 is 7.17. The predicted octanol–water partition coefficient (Wildman–Crippen LogP) is 2.07. The molecule has 1 aromatic heterocycles. The van der Waals surface area contributed by atoms with Crippen molar-refractivity contribution >= 4 is 6.09 Å². The van der Waals surface area contributed by atoms with E-state index in [2.05, 4.69) is 5.10 Å². The normalized spacial score (nSPS) is 18.7. The highest BCUT2D eigenvalue weighted by atomic mass is 16.6. The fourth-order valence-corrected chi connectivity index (χ4v) is 2.13.